The zero-order chi connectivity index (χ0) is 21.3. The predicted octanol–water partition coefficient (Wildman–Crippen LogP) is 4.98. The van der Waals surface area contributed by atoms with Crippen molar-refractivity contribution in [3.05, 3.63) is 76.1 Å². The summed E-state index contributed by atoms with van der Waals surface area (Å²) in [5, 5.41) is 1.26. The Kier molecular flexibility index (Phi) is 5.64. The molecule has 0 bridgehead atoms. The number of allylic oxidation sites excluding steroid dienone is 1. The fourth-order valence-corrected chi connectivity index (χ4v) is 3.97. The zero-order valence-electron chi connectivity index (χ0n) is 18.5. The highest BCUT2D eigenvalue weighted by molar-refractivity contribution is 6.14. The van der Waals surface area contributed by atoms with Crippen LogP contribution < -0.4 is 0 Å². The fourth-order valence-electron chi connectivity index (χ4n) is 3.97. The van der Waals surface area contributed by atoms with Crippen LogP contribution in [0.3, 0.4) is 0 Å². The van der Waals surface area contributed by atoms with Crippen LogP contribution >= 0.6 is 0 Å². The van der Waals surface area contributed by atoms with Crippen molar-refractivity contribution in [1.82, 2.24) is 14.9 Å². The van der Waals surface area contributed by atoms with E-state index in [9.17, 15) is 0 Å². The molecule has 2 aromatic heterocycles. The number of aliphatic imine (C=N–C) groups is 1. The Morgan fingerprint density at radius 2 is 1.93 bits per heavy atom. The van der Waals surface area contributed by atoms with Gasteiger partial charge in [-0.15, -0.1) is 0 Å². The van der Waals surface area contributed by atoms with Crippen molar-refractivity contribution in [2.45, 2.75) is 27.2 Å². The first-order valence-corrected chi connectivity index (χ1v) is 10.5. The van der Waals surface area contributed by atoms with Gasteiger partial charge >= 0.3 is 0 Å². The minimum Gasteiger partial charge on any atom is -0.492 e. The Hall–Kier alpha value is -3.05. The average molecular weight is 403 g/mol. The minimum atomic E-state index is 0.606. The zero-order valence-corrected chi connectivity index (χ0v) is 18.5. The van der Waals surface area contributed by atoms with Gasteiger partial charge in [-0.25, -0.2) is 4.99 Å². The quantitative estimate of drug-likeness (QED) is 0.585. The van der Waals surface area contributed by atoms with E-state index in [4.69, 9.17) is 9.73 Å². The van der Waals surface area contributed by atoms with Gasteiger partial charge in [-0.05, 0) is 70.6 Å². The molecule has 3 aromatic rings. The second kappa shape index (κ2) is 8.36. The van der Waals surface area contributed by atoms with Gasteiger partial charge in [-0.2, -0.15) is 0 Å². The van der Waals surface area contributed by atoms with E-state index in [-0.39, 0.29) is 0 Å². The third kappa shape index (κ3) is 3.98. The first-order valence-electron chi connectivity index (χ1n) is 10.5. The van der Waals surface area contributed by atoms with E-state index >= 15 is 0 Å². The maximum atomic E-state index is 5.94. The number of aryl methyl sites for hydroxylation is 2. The van der Waals surface area contributed by atoms with Crippen molar-refractivity contribution in [3.63, 3.8) is 0 Å². The largest absolute Gasteiger partial charge is 0.492 e. The number of aromatic amines is 2. The fraction of sp³-hybridized carbons (Fsp3) is 0.320. The van der Waals surface area contributed by atoms with Crippen LogP contribution in [0.1, 0.15) is 35.1 Å². The van der Waals surface area contributed by atoms with Crippen molar-refractivity contribution < 1.29 is 4.74 Å². The van der Waals surface area contributed by atoms with Gasteiger partial charge in [0.1, 0.15) is 11.5 Å². The molecule has 1 aliphatic heterocycles. The van der Waals surface area contributed by atoms with Crippen LogP contribution in [-0.4, -0.2) is 47.8 Å². The lowest BCUT2D eigenvalue weighted by molar-refractivity contribution is 0.239. The molecule has 0 atom stereocenters. The van der Waals surface area contributed by atoms with E-state index in [1.165, 1.54) is 16.5 Å². The summed E-state index contributed by atoms with van der Waals surface area (Å²) in [4.78, 5) is 14.2. The molecule has 5 heteroatoms. The molecule has 0 saturated carbocycles. The molecule has 0 unspecified atom stereocenters. The lowest BCUT2D eigenvalue weighted by Gasteiger charge is -2.10. The molecule has 2 N–H and O–H groups in total. The van der Waals surface area contributed by atoms with Gasteiger partial charge in [0.05, 0.1) is 18.0 Å². The van der Waals surface area contributed by atoms with Gasteiger partial charge in [0.25, 0.3) is 0 Å². The van der Waals surface area contributed by atoms with Crippen molar-refractivity contribution in [2.24, 2.45) is 4.99 Å². The standard InChI is InChI=1S/C25H30N4O/c1-6-30-24-15-23(27-22(24)14-21-16(2)13-17(3)26-21)25-19(11-12-29(4)5)18-9-7-8-10-20(18)28-25/h7-10,13-15,26,28H,6,11-12H2,1-5H3. The number of ether oxygens (including phenoxy) is 1. The normalized spacial score (nSPS) is 15.3. The van der Waals surface area contributed by atoms with Crippen LogP contribution in [0.15, 0.2) is 52.9 Å². The second-order valence-corrected chi connectivity index (χ2v) is 8.09. The van der Waals surface area contributed by atoms with Crippen molar-refractivity contribution >= 4 is 22.7 Å². The third-order valence-corrected chi connectivity index (χ3v) is 5.41. The van der Waals surface area contributed by atoms with E-state index in [1.54, 1.807) is 0 Å². The van der Waals surface area contributed by atoms with Crippen LogP contribution in [0.25, 0.3) is 17.0 Å². The molecule has 0 amide bonds. The van der Waals surface area contributed by atoms with Gasteiger partial charge < -0.3 is 19.6 Å². The van der Waals surface area contributed by atoms with Crippen molar-refractivity contribution in [3.8, 4) is 0 Å². The van der Waals surface area contributed by atoms with E-state index in [1.807, 2.05) is 6.92 Å². The maximum absolute atomic E-state index is 5.94. The monoisotopic (exact) mass is 402 g/mol. The first kappa shape index (κ1) is 20.2. The van der Waals surface area contributed by atoms with Crippen LogP contribution in [0, 0.1) is 13.8 Å². The van der Waals surface area contributed by atoms with Crippen molar-refractivity contribution in [1.29, 1.82) is 0 Å². The molecule has 156 valence electrons. The molecular weight excluding hydrogens is 372 g/mol. The summed E-state index contributed by atoms with van der Waals surface area (Å²) in [5.74, 6) is 0.816. The molecule has 0 fully saturated rings. The topological polar surface area (TPSA) is 56.4 Å². The number of nitrogens with zero attached hydrogens (tertiary/aromatic N) is 2. The molecule has 1 aliphatic rings. The SMILES string of the molecule is CCOC1=CC(c2[nH]c3ccccc3c2CCN(C)C)=NC1=Cc1[nH]c(C)cc1C. The number of hydrogen-bond acceptors (Lipinski definition) is 3. The van der Waals surface area contributed by atoms with Gasteiger partial charge in [-0.3, -0.25) is 0 Å². The van der Waals surface area contributed by atoms with Crippen LogP contribution in [0.2, 0.25) is 0 Å². The number of rotatable bonds is 7. The first-order chi connectivity index (χ1) is 14.5. The summed E-state index contributed by atoms with van der Waals surface area (Å²) in [6, 6.07) is 10.6. The molecule has 0 aliphatic carbocycles. The number of H-pyrrole nitrogens is 2. The number of nitrogens with one attached hydrogen (secondary N) is 2. The lowest BCUT2D eigenvalue weighted by atomic mass is 10.0. The number of aromatic nitrogens is 2. The summed E-state index contributed by atoms with van der Waals surface area (Å²) in [6.45, 7) is 7.77. The van der Waals surface area contributed by atoms with Crippen molar-refractivity contribution in [2.75, 3.05) is 27.2 Å². The van der Waals surface area contributed by atoms with Gasteiger partial charge in [0.2, 0.25) is 0 Å². The summed E-state index contributed by atoms with van der Waals surface area (Å²) in [7, 11) is 4.21. The van der Waals surface area contributed by atoms with Gasteiger partial charge in [0, 0.05) is 34.9 Å². The molecule has 0 saturated heterocycles. The molecule has 0 spiro atoms. The lowest BCUT2D eigenvalue weighted by Crippen LogP contribution is -2.16. The highest BCUT2D eigenvalue weighted by atomic mass is 16.5. The molecule has 0 radical (unpaired) electrons. The van der Waals surface area contributed by atoms with Gasteiger partial charge in [-0.1, -0.05) is 18.2 Å². The third-order valence-electron chi connectivity index (χ3n) is 5.41. The summed E-state index contributed by atoms with van der Waals surface area (Å²) >= 11 is 0. The van der Waals surface area contributed by atoms with E-state index in [2.05, 4.69) is 85.3 Å². The predicted molar refractivity (Wildman–Crippen MR) is 125 cm³/mol. The van der Waals surface area contributed by atoms with E-state index in [0.717, 1.165) is 52.7 Å². The smallest absolute Gasteiger partial charge is 0.147 e. The Bertz CT molecular complexity index is 1160. The molecule has 5 nitrogen and oxygen atoms in total. The van der Waals surface area contributed by atoms with E-state index in [0.29, 0.717) is 6.61 Å². The summed E-state index contributed by atoms with van der Waals surface area (Å²) in [6.07, 6.45) is 5.10. The number of benzene rings is 1. The Labute approximate surface area is 178 Å². The molecule has 30 heavy (non-hydrogen) atoms. The number of likely N-dealkylation sites (N-methyl/N-ethyl adjacent to an activating group) is 1. The summed E-state index contributed by atoms with van der Waals surface area (Å²) < 4.78 is 5.94. The maximum Gasteiger partial charge on any atom is 0.147 e. The number of para-hydroxylation sites is 1. The van der Waals surface area contributed by atoms with E-state index < -0.39 is 0 Å². The second-order valence-electron chi connectivity index (χ2n) is 8.09. The van der Waals surface area contributed by atoms with Crippen LogP contribution in [0.5, 0.6) is 0 Å². The summed E-state index contributed by atoms with van der Waals surface area (Å²) in [5.41, 5.74) is 8.73. The van der Waals surface area contributed by atoms with Gasteiger partial charge in [0.15, 0.2) is 0 Å². The van der Waals surface area contributed by atoms with Crippen LogP contribution in [0.4, 0.5) is 0 Å². The Morgan fingerprint density at radius 1 is 1.13 bits per heavy atom. The Morgan fingerprint density at radius 3 is 2.63 bits per heavy atom. The minimum absolute atomic E-state index is 0.606. The number of fused-ring (bicyclic) bond motifs is 1. The Balaban J connectivity index is 1.80. The molecule has 3 heterocycles. The van der Waals surface area contributed by atoms with Crippen LogP contribution in [-0.2, 0) is 11.2 Å². The molecule has 1 aromatic carbocycles. The molecular formula is C25H30N4O. The highest BCUT2D eigenvalue weighted by Crippen LogP contribution is 2.30. The average Bonchev–Trinajstić information content (AvgIpc) is 3.36. The highest BCUT2D eigenvalue weighted by Gasteiger charge is 2.22. The molecule has 4 rings (SSSR count). The number of hydrogen-bond donors (Lipinski definition) is 2.